The van der Waals surface area contributed by atoms with E-state index in [4.69, 9.17) is 5.11 Å². The van der Waals surface area contributed by atoms with Crippen LogP contribution in [0.5, 0.6) is 0 Å². The van der Waals surface area contributed by atoms with Gasteiger partial charge in [-0.2, -0.15) is 5.10 Å². The fourth-order valence-corrected chi connectivity index (χ4v) is 3.87. The maximum absolute atomic E-state index is 9.08. The van der Waals surface area contributed by atoms with Crippen LogP contribution in [0.2, 0.25) is 0 Å². The van der Waals surface area contributed by atoms with Crippen LogP contribution in [0.15, 0.2) is 55.1 Å². The summed E-state index contributed by atoms with van der Waals surface area (Å²) < 4.78 is 1.81. The number of aromatic nitrogens is 3. The number of nitrogens with one attached hydrogen (secondary N) is 1. The highest BCUT2D eigenvalue weighted by Crippen LogP contribution is 2.27. The molecule has 28 heavy (non-hydrogen) atoms. The number of aliphatic hydroxyl groups is 1. The van der Waals surface area contributed by atoms with Crippen LogP contribution < -0.4 is 5.32 Å². The number of piperidine rings is 1. The van der Waals surface area contributed by atoms with Crippen LogP contribution in [0.25, 0.3) is 21.9 Å². The second kappa shape index (κ2) is 8.12. The molecule has 3 aromatic rings. The lowest BCUT2D eigenvalue weighted by atomic mass is 9.94. The predicted octanol–water partition coefficient (Wildman–Crippen LogP) is 3.27. The van der Waals surface area contributed by atoms with E-state index < -0.39 is 0 Å². The number of benzene rings is 1. The van der Waals surface area contributed by atoms with Gasteiger partial charge in [-0.25, -0.2) is 4.98 Å². The number of aliphatic hydroxyl groups excluding tert-OH is 1. The molecule has 0 bridgehead atoms. The Morgan fingerprint density at radius 2 is 2.00 bits per heavy atom. The Morgan fingerprint density at radius 1 is 1.18 bits per heavy atom. The number of hydrogen-bond acceptors (Lipinski definition) is 5. The largest absolute Gasteiger partial charge is 0.395 e. The standard InChI is InChI=1S/C22H27N5O/c1-16(17-5-7-27(8-6-17)9-10-28)25-22-12-20-11-18(3-4-19(20)13-23-22)21-14-24-26(2)15-21/h3-4,11-15,17,28H,1,5-10H2,2H3,(H,23,25). The zero-order valence-corrected chi connectivity index (χ0v) is 16.3. The normalized spacial score (nSPS) is 15.8. The van der Waals surface area contributed by atoms with E-state index in [1.54, 1.807) is 0 Å². The second-order valence-corrected chi connectivity index (χ2v) is 7.52. The number of hydrogen-bond donors (Lipinski definition) is 2. The summed E-state index contributed by atoms with van der Waals surface area (Å²) in [5.74, 6) is 1.27. The number of allylic oxidation sites excluding steroid dienone is 1. The molecule has 6 heteroatoms. The van der Waals surface area contributed by atoms with Gasteiger partial charge in [-0.1, -0.05) is 18.7 Å². The minimum absolute atomic E-state index is 0.228. The third-order valence-electron chi connectivity index (χ3n) is 5.55. The molecule has 0 aliphatic carbocycles. The zero-order valence-electron chi connectivity index (χ0n) is 16.3. The van der Waals surface area contributed by atoms with Crippen molar-refractivity contribution in [2.24, 2.45) is 13.0 Å². The summed E-state index contributed by atoms with van der Waals surface area (Å²) >= 11 is 0. The van der Waals surface area contributed by atoms with Crippen molar-refractivity contribution in [3.05, 3.63) is 55.1 Å². The lowest BCUT2D eigenvalue weighted by Gasteiger charge is -2.32. The summed E-state index contributed by atoms with van der Waals surface area (Å²) in [7, 11) is 1.93. The van der Waals surface area contributed by atoms with Crippen molar-refractivity contribution in [3.8, 4) is 11.1 Å². The SMILES string of the molecule is C=C(Nc1cc2cc(-c3cnn(C)c3)ccc2cn1)C1CCN(CCO)CC1. The molecule has 1 aliphatic rings. The van der Waals surface area contributed by atoms with Crippen molar-refractivity contribution in [1.82, 2.24) is 19.7 Å². The maximum atomic E-state index is 9.08. The fourth-order valence-electron chi connectivity index (χ4n) is 3.87. The Morgan fingerprint density at radius 3 is 2.71 bits per heavy atom. The average Bonchev–Trinajstić information content (AvgIpc) is 3.14. The number of anilines is 1. The van der Waals surface area contributed by atoms with Gasteiger partial charge in [0, 0.05) is 48.6 Å². The van der Waals surface area contributed by atoms with Crippen LogP contribution >= 0.6 is 0 Å². The Balaban J connectivity index is 1.47. The summed E-state index contributed by atoms with van der Waals surface area (Å²) in [6.45, 7) is 7.26. The first-order chi connectivity index (χ1) is 13.6. The van der Waals surface area contributed by atoms with E-state index in [0.717, 1.165) is 65.9 Å². The van der Waals surface area contributed by atoms with Crippen molar-refractivity contribution < 1.29 is 5.11 Å². The summed E-state index contributed by atoms with van der Waals surface area (Å²) in [6.07, 6.45) is 7.93. The highest BCUT2D eigenvalue weighted by atomic mass is 16.3. The number of likely N-dealkylation sites (tertiary alicyclic amines) is 1. The Kier molecular flexibility index (Phi) is 5.41. The molecular weight excluding hydrogens is 350 g/mol. The van der Waals surface area contributed by atoms with Crippen LogP contribution in [-0.4, -0.2) is 51.0 Å². The first kappa shape index (κ1) is 18.7. The van der Waals surface area contributed by atoms with E-state index in [9.17, 15) is 0 Å². The molecule has 146 valence electrons. The van der Waals surface area contributed by atoms with E-state index in [0.29, 0.717) is 5.92 Å². The number of aryl methyl sites for hydroxylation is 1. The van der Waals surface area contributed by atoms with Gasteiger partial charge in [0.25, 0.3) is 0 Å². The van der Waals surface area contributed by atoms with E-state index in [1.807, 2.05) is 30.3 Å². The molecule has 0 saturated carbocycles. The van der Waals surface area contributed by atoms with E-state index in [1.165, 1.54) is 0 Å². The highest BCUT2D eigenvalue weighted by Gasteiger charge is 2.21. The molecule has 0 unspecified atom stereocenters. The van der Waals surface area contributed by atoms with Crippen molar-refractivity contribution in [2.45, 2.75) is 12.8 Å². The molecule has 2 aromatic heterocycles. The topological polar surface area (TPSA) is 66.2 Å². The molecule has 1 fully saturated rings. The maximum Gasteiger partial charge on any atom is 0.130 e. The van der Waals surface area contributed by atoms with Crippen molar-refractivity contribution in [3.63, 3.8) is 0 Å². The molecule has 2 N–H and O–H groups in total. The summed E-state index contributed by atoms with van der Waals surface area (Å²) in [5, 5.41) is 19.0. The molecule has 1 saturated heterocycles. The molecule has 0 spiro atoms. The monoisotopic (exact) mass is 377 g/mol. The van der Waals surface area contributed by atoms with Gasteiger partial charge in [0.05, 0.1) is 12.8 Å². The van der Waals surface area contributed by atoms with Crippen molar-refractivity contribution >= 4 is 16.6 Å². The highest BCUT2D eigenvalue weighted by molar-refractivity contribution is 5.88. The minimum atomic E-state index is 0.228. The lowest BCUT2D eigenvalue weighted by molar-refractivity contribution is 0.157. The number of nitrogens with zero attached hydrogens (tertiary/aromatic N) is 4. The Hall–Kier alpha value is -2.70. The van der Waals surface area contributed by atoms with Crippen LogP contribution in [-0.2, 0) is 7.05 Å². The van der Waals surface area contributed by atoms with Gasteiger partial charge < -0.3 is 15.3 Å². The molecule has 6 nitrogen and oxygen atoms in total. The molecule has 0 amide bonds. The quantitative estimate of drug-likeness (QED) is 0.690. The average molecular weight is 377 g/mol. The first-order valence-electron chi connectivity index (χ1n) is 9.80. The molecule has 1 aliphatic heterocycles. The van der Waals surface area contributed by atoms with E-state index in [-0.39, 0.29) is 6.61 Å². The Labute approximate surface area is 165 Å². The summed E-state index contributed by atoms with van der Waals surface area (Å²) in [6, 6.07) is 8.46. The minimum Gasteiger partial charge on any atom is -0.395 e. The lowest BCUT2D eigenvalue weighted by Crippen LogP contribution is -2.36. The zero-order chi connectivity index (χ0) is 19.5. The number of β-amino-alcohol motifs (C(OH)–C–C–N with tert-alkyl or cyclic N) is 1. The second-order valence-electron chi connectivity index (χ2n) is 7.52. The number of rotatable bonds is 6. The molecule has 4 rings (SSSR count). The van der Waals surface area contributed by atoms with Gasteiger partial charge in [0.1, 0.15) is 5.82 Å². The van der Waals surface area contributed by atoms with Crippen LogP contribution in [0.4, 0.5) is 5.82 Å². The van der Waals surface area contributed by atoms with Gasteiger partial charge >= 0.3 is 0 Å². The molecular formula is C22H27N5O. The third kappa shape index (κ3) is 4.08. The van der Waals surface area contributed by atoms with Crippen LogP contribution in [0.3, 0.4) is 0 Å². The van der Waals surface area contributed by atoms with Crippen molar-refractivity contribution in [2.75, 3.05) is 31.6 Å². The summed E-state index contributed by atoms with van der Waals surface area (Å²) in [4.78, 5) is 6.86. The van der Waals surface area contributed by atoms with E-state index >= 15 is 0 Å². The van der Waals surface area contributed by atoms with Gasteiger partial charge in [-0.3, -0.25) is 4.68 Å². The van der Waals surface area contributed by atoms with E-state index in [2.05, 4.69) is 51.1 Å². The molecule has 3 heterocycles. The van der Waals surface area contributed by atoms with Gasteiger partial charge in [-0.15, -0.1) is 0 Å². The van der Waals surface area contributed by atoms with Crippen LogP contribution in [0, 0.1) is 5.92 Å². The van der Waals surface area contributed by atoms with Crippen molar-refractivity contribution in [1.29, 1.82) is 0 Å². The van der Waals surface area contributed by atoms with Gasteiger partial charge in [0.15, 0.2) is 0 Å². The summed E-state index contributed by atoms with van der Waals surface area (Å²) in [5.41, 5.74) is 3.28. The first-order valence-corrected chi connectivity index (χ1v) is 9.80. The molecule has 0 atom stereocenters. The van der Waals surface area contributed by atoms with Gasteiger partial charge in [0.2, 0.25) is 0 Å². The third-order valence-corrected chi connectivity index (χ3v) is 5.55. The number of pyridine rings is 1. The van der Waals surface area contributed by atoms with Gasteiger partial charge in [-0.05, 0) is 49.0 Å². The smallest absolute Gasteiger partial charge is 0.130 e. The molecule has 0 radical (unpaired) electrons. The fraction of sp³-hybridized carbons (Fsp3) is 0.364. The van der Waals surface area contributed by atoms with Crippen LogP contribution in [0.1, 0.15) is 12.8 Å². The molecule has 1 aromatic carbocycles. The predicted molar refractivity (Wildman–Crippen MR) is 113 cm³/mol. The number of fused-ring (bicyclic) bond motifs is 1. The Bertz CT molecular complexity index is 972.